The van der Waals surface area contributed by atoms with E-state index >= 15 is 0 Å². The minimum atomic E-state index is -0.175. The maximum atomic E-state index is 10.9. The van der Waals surface area contributed by atoms with E-state index in [2.05, 4.69) is 188 Å². The van der Waals surface area contributed by atoms with Gasteiger partial charge in [0.15, 0.2) is 0 Å². The van der Waals surface area contributed by atoms with E-state index < -0.39 is 0 Å². The number of pyridine rings is 3. The van der Waals surface area contributed by atoms with Crippen molar-refractivity contribution in [2.45, 2.75) is 40.2 Å². The van der Waals surface area contributed by atoms with Gasteiger partial charge in [-0.25, -0.2) is 9.97 Å². The summed E-state index contributed by atoms with van der Waals surface area (Å²) in [6.45, 7) is 10.9. The monoisotopic (exact) mass is 1560 g/mol. The molecule has 0 amide bonds. The molecule has 7 heterocycles. The van der Waals surface area contributed by atoms with Crippen LogP contribution < -0.4 is 0 Å². The number of furan rings is 1. The summed E-state index contributed by atoms with van der Waals surface area (Å²) in [7, 11) is 0. The summed E-state index contributed by atoms with van der Waals surface area (Å²) < 4.78 is 12.6. The van der Waals surface area contributed by atoms with E-state index in [-0.39, 0.29) is 59.2 Å². The Morgan fingerprint density at radius 3 is 1.68 bits per heavy atom. The van der Waals surface area contributed by atoms with Crippen LogP contribution in [0.25, 0.3) is 145 Å². The van der Waals surface area contributed by atoms with Gasteiger partial charge in [-0.05, 0) is 129 Å². The SMILES string of the molecule is Cc1cccc(C)c1-c1c(-c2ccccc2O)nc2c(-c3[c-]c(-c4nc5ccccc5n4C(C)(C)C)ccc3)cccn12.Oc1ccccc1-c1nc2c(-c3cc(-c4ccccc4)cc(-c4[c-]cc5oc6ccccc6c5c4)n3)cccn2c1-c1ccccc1.[Pt].[Pt]. The van der Waals surface area contributed by atoms with Crippen LogP contribution in [0.3, 0.4) is 0 Å². The van der Waals surface area contributed by atoms with Gasteiger partial charge in [-0.2, -0.15) is 0 Å². The standard InChI is InChI=1S/C42H26N3O2.C38H33N4O.2Pt/c46-37-19-9-7-17-33(37)40-41(28-14-5-2-6-15-28)45-23-11-18-32(42(45)44-40)36-26-30(27-12-3-1-4-13-27)25-35(43-36)29-21-22-39-34(24-29)31-16-8-10-20-38(31)47-39;1-24-13-10-14-25(2)33(24)35-34(29-17-6-9-21-32(29)43)40-37-28(18-12-22-41(35)37)26-15-11-16-27(23-26)36-39-30-19-7-8-20-31(30)42(36)38(3,4)5;;/h1-20,22-26,46H;6-22,43H,1-5H3;;/q2*-1;;. The first-order chi connectivity index (χ1) is 43.9. The van der Waals surface area contributed by atoms with Crippen molar-refractivity contribution in [3.8, 4) is 113 Å². The zero-order valence-corrected chi connectivity index (χ0v) is 55.4. The predicted octanol–water partition coefficient (Wildman–Crippen LogP) is 19.7. The molecule has 16 aromatic rings. The van der Waals surface area contributed by atoms with Crippen LogP contribution in [0.2, 0.25) is 0 Å². The number of hydrogen-bond acceptors (Lipinski definition) is 7. The Morgan fingerprint density at radius 1 is 0.435 bits per heavy atom. The Hall–Kier alpha value is -10.2. The third kappa shape index (κ3) is 10.9. The van der Waals surface area contributed by atoms with Gasteiger partial charge in [0, 0.05) is 93.3 Å². The molecule has 0 aliphatic heterocycles. The van der Waals surface area contributed by atoms with Gasteiger partial charge >= 0.3 is 0 Å². The molecule has 0 spiro atoms. The van der Waals surface area contributed by atoms with E-state index in [9.17, 15) is 10.2 Å². The third-order valence-electron chi connectivity index (χ3n) is 16.7. The number of rotatable bonds is 9. The van der Waals surface area contributed by atoms with Gasteiger partial charge in [0.25, 0.3) is 0 Å². The maximum Gasteiger partial charge on any atom is 0.147 e. The van der Waals surface area contributed by atoms with Crippen molar-refractivity contribution in [2.24, 2.45) is 0 Å². The van der Waals surface area contributed by atoms with Crippen LogP contribution in [0.4, 0.5) is 0 Å². The fraction of sp³-hybridized carbons (Fsp3) is 0.0750. The molecule has 454 valence electrons. The molecule has 12 heteroatoms. The molecule has 0 fully saturated rings. The molecule has 9 aromatic carbocycles. The Bertz CT molecular complexity index is 5410. The first-order valence-electron chi connectivity index (χ1n) is 30.1. The quantitative estimate of drug-likeness (QED) is 0.138. The number of benzene rings is 9. The topological polar surface area (TPSA) is 119 Å². The van der Waals surface area contributed by atoms with Crippen molar-refractivity contribution < 1.29 is 56.8 Å². The molecule has 0 saturated heterocycles. The van der Waals surface area contributed by atoms with E-state index in [4.69, 9.17) is 24.4 Å². The zero-order valence-electron chi connectivity index (χ0n) is 50.8. The molecular weight excluding hydrogens is 1500 g/mol. The zero-order chi connectivity index (χ0) is 61.2. The number of nitrogens with zero attached hydrogens (tertiary/aromatic N) is 7. The van der Waals surface area contributed by atoms with Gasteiger partial charge in [0.05, 0.1) is 39.5 Å². The molecule has 0 saturated carbocycles. The number of phenolic OH excluding ortho intramolecular Hbond substituents is 2. The van der Waals surface area contributed by atoms with Crippen molar-refractivity contribution in [1.82, 2.24) is 33.3 Å². The summed E-state index contributed by atoms with van der Waals surface area (Å²) >= 11 is 0. The number of imidazole rings is 3. The molecule has 0 atom stereocenters. The number of phenols is 2. The second-order valence-electron chi connectivity index (χ2n) is 23.6. The van der Waals surface area contributed by atoms with Gasteiger partial charge in [0.2, 0.25) is 0 Å². The molecule has 92 heavy (non-hydrogen) atoms. The van der Waals surface area contributed by atoms with Crippen LogP contribution >= 0.6 is 0 Å². The fourth-order valence-electron chi connectivity index (χ4n) is 12.6. The smallest absolute Gasteiger partial charge is 0.147 e. The van der Waals surface area contributed by atoms with Crippen molar-refractivity contribution in [3.63, 3.8) is 0 Å². The van der Waals surface area contributed by atoms with E-state index in [0.29, 0.717) is 16.8 Å². The Morgan fingerprint density at radius 2 is 0.989 bits per heavy atom. The van der Waals surface area contributed by atoms with Crippen LogP contribution in [-0.2, 0) is 47.7 Å². The van der Waals surface area contributed by atoms with E-state index in [1.54, 1.807) is 12.1 Å². The fourth-order valence-corrected chi connectivity index (χ4v) is 12.6. The number of aromatic nitrogens is 7. The summed E-state index contributed by atoms with van der Waals surface area (Å²) in [6, 6.07) is 87.8. The van der Waals surface area contributed by atoms with Crippen LogP contribution in [0, 0.1) is 26.0 Å². The summed E-state index contributed by atoms with van der Waals surface area (Å²) in [5, 5.41) is 23.9. The van der Waals surface area contributed by atoms with Crippen LogP contribution in [0.1, 0.15) is 31.9 Å². The number of fused-ring (bicyclic) bond motifs is 6. The summed E-state index contributed by atoms with van der Waals surface area (Å²) in [4.78, 5) is 20.8. The molecule has 0 aliphatic carbocycles. The van der Waals surface area contributed by atoms with Gasteiger partial charge in [0.1, 0.15) is 39.8 Å². The van der Waals surface area contributed by atoms with Gasteiger partial charge in [-0.3, -0.25) is 14.4 Å². The van der Waals surface area contributed by atoms with Crippen molar-refractivity contribution in [1.29, 1.82) is 0 Å². The van der Waals surface area contributed by atoms with Gasteiger partial charge < -0.3 is 23.6 Å². The third-order valence-corrected chi connectivity index (χ3v) is 16.7. The van der Waals surface area contributed by atoms with Crippen LogP contribution in [0.5, 0.6) is 11.5 Å². The molecule has 2 N–H and O–H groups in total. The van der Waals surface area contributed by atoms with E-state index in [1.165, 1.54) is 0 Å². The van der Waals surface area contributed by atoms with E-state index in [0.717, 1.165) is 140 Å². The van der Waals surface area contributed by atoms with Gasteiger partial charge in [-0.1, -0.05) is 163 Å². The summed E-state index contributed by atoms with van der Waals surface area (Å²) in [6.07, 6.45) is 4.07. The Balaban J connectivity index is 0.000000165. The molecule has 0 radical (unpaired) electrons. The Labute approximate surface area is 561 Å². The van der Waals surface area contributed by atoms with Crippen LogP contribution in [-0.4, -0.2) is 43.5 Å². The second-order valence-corrected chi connectivity index (χ2v) is 23.6. The van der Waals surface area contributed by atoms with Crippen molar-refractivity contribution >= 4 is 44.3 Å². The number of para-hydroxylation sites is 5. The predicted molar refractivity (Wildman–Crippen MR) is 363 cm³/mol. The second kappa shape index (κ2) is 24.9. The molecule has 0 bridgehead atoms. The molecule has 7 aromatic heterocycles. The maximum absolute atomic E-state index is 10.9. The molecule has 10 nitrogen and oxygen atoms in total. The molecular formula is C80H59N7O3Pt2-2. The Kier molecular flexibility index (Phi) is 16.4. The largest absolute Gasteiger partial charge is 0.507 e. The first kappa shape index (κ1) is 60.7. The minimum Gasteiger partial charge on any atom is -0.507 e. The average Bonchev–Trinajstić information content (AvgIpc) is 1.60. The average molecular weight is 1560 g/mol. The molecule has 16 rings (SSSR count). The van der Waals surface area contributed by atoms with Crippen molar-refractivity contribution in [3.05, 3.63) is 278 Å². The van der Waals surface area contributed by atoms with Gasteiger partial charge in [-0.15, -0.1) is 53.6 Å². The first-order valence-corrected chi connectivity index (χ1v) is 30.1. The van der Waals surface area contributed by atoms with E-state index in [1.807, 2.05) is 115 Å². The summed E-state index contributed by atoms with van der Waals surface area (Å²) in [5.74, 6) is 1.27. The van der Waals surface area contributed by atoms with Crippen molar-refractivity contribution in [2.75, 3.05) is 0 Å². The number of hydrogen-bond donors (Lipinski definition) is 2. The molecule has 0 aliphatic rings. The normalized spacial score (nSPS) is 11.4. The number of aryl methyl sites for hydroxylation is 2. The minimum absolute atomic E-state index is 0. The molecule has 0 unspecified atom stereocenters. The number of aromatic hydroxyl groups is 2. The summed E-state index contributed by atoms with van der Waals surface area (Å²) in [5.41, 5.74) is 22.4. The van der Waals surface area contributed by atoms with Crippen LogP contribution in [0.15, 0.2) is 259 Å².